The highest BCUT2D eigenvalue weighted by atomic mass is 32.1. The summed E-state index contributed by atoms with van der Waals surface area (Å²) in [5.41, 5.74) is 1.06. The Labute approximate surface area is 72.0 Å². The molecule has 0 saturated carbocycles. The molecule has 1 aromatic rings. The molecule has 0 fully saturated rings. The molecule has 1 aromatic heterocycles. The van der Waals surface area contributed by atoms with Gasteiger partial charge in [-0.25, -0.2) is 0 Å². The molecule has 4 heteroatoms. The van der Waals surface area contributed by atoms with Crippen molar-refractivity contribution in [3.8, 4) is 0 Å². The summed E-state index contributed by atoms with van der Waals surface area (Å²) in [6.45, 7) is 2.19. The Hall–Kier alpha value is -0.510. The van der Waals surface area contributed by atoms with Gasteiger partial charge in [0.05, 0.1) is 5.69 Å². The maximum Gasteiger partial charge on any atom is 0.138 e. The van der Waals surface area contributed by atoms with Crippen LogP contribution in [-0.2, 0) is 6.42 Å². The van der Waals surface area contributed by atoms with Crippen LogP contribution in [0.4, 0.5) is 0 Å². The number of aryl methyl sites for hydroxylation is 1. The van der Waals surface area contributed by atoms with Gasteiger partial charge >= 0.3 is 0 Å². The molecule has 62 valence electrons. The Morgan fingerprint density at radius 3 is 2.82 bits per heavy atom. The molecular formula is C7H13N3S. The smallest absolute Gasteiger partial charge is 0.138 e. The van der Waals surface area contributed by atoms with Crippen molar-refractivity contribution < 1.29 is 0 Å². The molecule has 0 unspecified atom stereocenters. The van der Waals surface area contributed by atoms with Crippen LogP contribution in [0, 0.1) is 0 Å². The number of rotatable bonds is 4. The van der Waals surface area contributed by atoms with Crippen molar-refractivity contribution in [2.24, 2.45) is 0 Å². The lowest BCUT2D eigenvalue weighted by Gasteiger charge is -1.95. The maximum atomic E-state index is 4.15. The third-order valence-electron chi connectivity index (χ3n) is 1.63. The van der Waals surface area contributed by atoms with Crippen molar-refractivity contribution in [1.29, 1.82) is 0 Å². The predicted molar refractivity (Wildman–Crippen MR) is 46.9 cm³/mol. The van der Waals surface area contributed by atoms with Gasteiger partial charge in [0.15, 0.2) is 0 Å². The molecule has 0 radical (unpaired) electrons. The number of nitrogens with one attached hydrogen (secondary N) is 1. The van der Waals surface area contributed by atoms with Gasteiger partial charge in [-0.1, -0.05) is 25.0 Å². The van der Waals surface area contributed by atoms with Crippen molar-refractivity contribution in [2.75, 3.05) is 0 Å². The van der Waals surface area contributed by atoms with E-state index >= 15 is 0 Å². The summed E-state index contributed by atoms with van der Waals surface area (Å²) in [5, 5.41) is 11.0. The average molecular weight is 171 g/mol. The minimum atomic E-state index is 0.737. The second kappa shape index (κ2) is 4.38. The lowest BCUT2D eigenvalue weighted by atomic mass is 10.2. The van der Waals surface area contributed by atoms with E-state index in [9.17, 15) is 0 Å². The summed E-state index contributed by atoms with van der Waals surface area (Å²) in [6, 6.07) is 0. The third kappa shape index (κ3) is 2.54. The Kier molecular flexibility index (Phi) is 3.42. The molecule has 0 amide bonds. The van der Waals surface area contributed by atoms with Gasteiger partial charge in [-0.2, -0.15) is 0 Å². The predicted octanol–water partition coefficient (Wildman–Crippen LogP) is 1.83. The van der Waals surface area contributed by atoms with E-state index in [1.807, 2.05) is 0 Å². The van der Waals surface area contributed by atoms with Crippen molar-refractivity contribution in [2.45, 2.75) is 37.6 Å². The molecule has 11 heavy (non-hydrogen) atoms. The van der Waals surface area contributed by atoms with Gasteiger partial charge in [0.25, 0.3) is 0 Å². The molecule has 0 saturated heterocycles. The van der Waals surface area contributed by atoms with Gasteiger partial charge in [0.2, 0.25) is 0 Å². The van der Waals surface area contributed by atoms with E-state index in [0.29, 0.717) is 0 Å². The number of aromatic amines is 1. The van der Waals surface area contributed by atoms with E-state index < -0.39 is 0 Å². The van der Waals surface area contributed by atoms with Crippen LogP contribution in [0.1, 0.15) is 31.9 Å². The zero-order valence-corrected chi connectivity index (χ0v) is 7.56. The van der Waals surface area contributed by atoms with Crippen LogP contribution in [0.3, 0.4) is 0 Å². The number of aromatic nitrogens is 3. The summed E-state index contributed by atoms with van der Waals surface area (Å²) in [6.07, 6.45) is 4.70. The van der Waals surface area contributed by atoms with E-state index in [1.165, 1.54) is 19.3 Å². The monoisotopic (exact) mass is 171 g/mol. The first-order valence-electron chi connectivity index (χ1n) is 3.93. The summed E-state index contributed by atoms with van der Waals surface area (Å²) in [7, 11) is 0. The summed E-state index contributed by atoms with van der Waals surface area (Å²) >= 11 is 4.15. The largest absolute Gasteiger partial charge is 0.261 e. The standard InChI is InChI=1S/C7H13N3S/c1-2-3-4-5-6-7(11)9-10-8-6/h2-5H2,1H3,(H2,8,9,10,11). The third-order valence-corrected chi connectivity index (χ3v) is 1.99. The molecule has 0 atom stereocenters. The zero-order valence-electron chi connectivity index (χ0n) is 6.67. The Balaban J connectivity index is 2.32. The van der Waals surface area contributed by atoms with Gasteiger partial charge in [-0.15, -0.1) is 17.7 Å². The number of nitrogens with zero attached hydrogens (tertiary/aromatic N) is 2. The molecule has 0 aliphatic rings. The first-order valence-corrected chi connectivity index (χ1v) is 4.38. The van der Waals surface area contributed by atoms with E-state index in [2.05, 4.69) is 35.0 Å². The fraction of sp³-hybridized carbons (Fsp3) is 0.714. The van der Waals surface area contributed by atoms with E-state index in [0.717, 1.165) is 17.1 Å². The molecule has 0 aliphatic carbocycles. The summed E-state index contributed by atoms with van der Waals surface area (Å²) in [5.74, 6) is 0. The Morgan fingerprint density at radius 2 is 2.27 bits per heavy atom. The molecule has 0 spiro atoms. The Morgan fingerprint density at radius 1 is 1.45 bits per heavy atom. The molecule has 1 N–H and O–H groups in total. The van der Waals surface area contributed by atoms with Crippen LogP contribution in [0.2, 0.25) is 0 Å². The number of hydrogen-bond acceptors (Lipinski definition) is 3. The SMILES string of the molecule is CCCCCc1[nH]nnc1S. The van der Waals surface area contributed by atoms with E-state index in [-0.39, 0.29) is 0 Å². The number of unbranched alkanes of at least 4 members (excludes halogenated alkanes) is 2. The van der Waals surface area contributed by atoms with Gasteiger partial charge in [-0.05, 0) is 12.8 Å². The minimum absolute atomic E-state index is 0.737. The highest BCUT2D eigenvalue weighted by Gasteiger charge is 2.00. The molecule has 1 heterocycles. The van der Waals surface area contributed by atoms with Gasteiger partial charge in [0, 0.05) is 0 Å². The van der Waals surface area contributed by atoms with Crippen molar-refractivity contribution in [3.63, 3.8) is 0 Å². The lowest BCUT2D eigenvalue weighted by Crippen LogP contribution is -1.86. The quantitative estimate of drug-likeness (QED) is 0.536. The van der Waals surface area contributed by atoms with Crippen LogP contribution < -0.4 is 0 Å². The second-order valence-electron chi connectivity index (χ2n) is 2.57. The normalized spacial score (nSPS) is 10.4. The van der Waals surface area contributed by atoms with Crippen LogP contribution in [0.5, 0.6) is 0 Å². The number of H-pyrrole nitrogens is 1. The first kappa shape index (κ1) is 8.59. The zero-order chi connectivity index (χ0) is 8.10. The van der Waals surface area contributed by atoms with Gasteiger partial charge in [-0.3, -0.25) is 5.10 Å². The highest BCUT2D eigenvalue weighted by Crippen LogP contribution is 2.09. The fourth-order valence-electron chi connectivity index (χ4n) is 0.963. The van der Waals surface area contributed by atoms with Crippen molar-refractivity contribution in [1.82, 2.24) is 15.4 Å². The topological polar surface area (TPSA) is 41.6 Å². The molecule has 0 aliphatic heterocycles. The summed E-state index contributed by atoms with van der Waals surface area (Å²) in [4.78, 5) is 0. The maximum absolute atomic E-state index is 4.15. The molecule has 0 bridgehead atoms. The summed E-state index contributed by atoms with van der Waals surface area (Å²) < 4.78 is 0. The van der Waals surface area contributed by atoms with Crippen LogP contribution >= 0.6 is 12.6 Å². The van der Waals surface area contributed by atoms with Gasteiger partial charge < -0.3 is 0 Å². The minimum Gasteiger partial charge on any atom is -0.261 e. The van der Waals surface area contributed by atoms with E-state index in [1.54, 1.807) is 0 Å². The molecule has 3 nitrogen and oxygen atoms in total. The fourth-order valence-corrected chi connectivity index (χ4v) is 1.17. The first-order chi connectivity index (χ1) is 5.34. The molecule has 0 aromatic carbocycles. The van der Waals surface area contributed by atoms with Crippen LogP contribution in [0.25, 0.3) is 0 Å². The average Bonchev–Trinajstić information content (AvgIpc) is 2.37. The molecule has 1 rings (SSSR count). The lowest BCUT2D eigenvalue weighted by molar-refractivity contribution is 0.700. The van der Waals surface area contributed by atoms with E-state index in [4.69, 9.17) is 0 Å². The number of hydrogen-bond donors (Lipinski definition) is 2. The second-order valence-corrected chi connectivity index (χ2v) is 2.99. The van der Waals surface area contributed by atoms with Crippen LogP contribution in [0.15, 0.2) is 5.03 Å². The highest BCUT2D eigenvalue weighted by molar-refractivity contribution is 7.80. The van der Waals surface area contributed by atoms with Crippen molar-refractivity contribution >= 4 is 12.6 Å². The van der Waals surface area contributed by atoms with Gasteiger partial charge in [0.1, 0.15) is 5.03 Å². The number of thiol groups is 1. The molecular weight excluding hydrogens is 158 g/mol. The Bertz CT molecular complexity index is 209. The van der Waals surface area contributed by atoms with Crippen molar-refractivity contribution in [3.05, 3.63) is 5.69 Å². The van der Waals surface area contributed by atoms with Crippen LogP contribution in [-0.4, -0.2) is 15.4 Å².